The molecule has 5 nitrogen and oxygen atoms in total. The fourth-order valence-corrected chi connectivity index (χ4v) is 4.96. The zero-order valence-corrected chi connectivity index (χ0v) is 17.6. The van der Waals surface area contributed by atoms with Gasteiger partial charge in [-0.25, -0.2) is 8.42 Å². The van der Waals surface area contributed by atoms with E-state index in [-0.39, 0.29) is 11.4 Å². The molecule has 4 rings (SSSR count). The molecule has 1 aliphatic rings. The van der Waals surface area contributed by atoms with Crippen molar-refractivity contribution in [2.45, 2.75) is 20.4 Å². The molecule has 0 amide bonds. The predicted molar refractivity (Wildman–Crippen MR) is 120 cm³/mol. The quantitative estimate of drug-likeness (QED) is 0.619. The summed E-state index contributed by atoms with van der Waals surface area (Å²) in [5, 5.41) is 3.00. The molecule has 6 heteroatoms. The van der Waals surface area contributed by atoms with Crippen molar-refractivity contribution in [1.82, 2.24) is 0 Å². The average Bonchev–Trinajstić information content (AvgIpc) is 2.73. The van der Waals surface area contributed by atoms with Crippen molar-refractivity contribution >= 4 is 27.2 Å². The molecule has 1 aliphatic heterocycles. The molecule has 0 radical (unpaired) electrons. The second-order valence-electron chi connectivity index (χ2n) is 7.31. The Morgan fingerprint density at radius 3 is 2.30 bits per heavy atom. The van der Waals surface area contributed by atoms with E-state index in [9.17, 15) is 13.2 Å². The van der Waals surface area contributed by atoms with E-state index in [4.69, 9.17) is 0 Å². The Morgan fingerprint density at radius 2 is 1.57 bits per heavy atom. The molecule has 0 fully saturated rings. The van der Waals surface area contributed by atoms with Crippen molar-refractivity contribution in [1.29, 1.82) is 0 Å². The fraction of sp³-hybridized carbons (Fsp3) is 0.125. The lowest BCUT2D eigenvalue weighted by molar-refractivity contribution is 0.104. The van der Waals surface area contributed by atoms with Crippen LogP contribution in [-0.2, 0) is 16.6 Å². The largest absolute Gasteiger partial charge is 0.360 e. The molecule has 0 atom stereocenters. The highest BCUT2D eigenvalue weighted by molar-refractivity contribution is 7.97. The van der Waals surface area contributed by atoms with Crippen LogP contribution in [0.3, 0.4) is 0 Å². The molecule has 0 aromatic heterocycles. The van der Waals surface area contributed by atoms with Crippen molar-refractivity contribution in [3.8, 4) is 0 Å². The number of nitrogens with one attached hydrogen (secondary N) is 1. The maximum absolute atomic E-state index is 13.5. The van der Waals surface area contributed by atoms with Crippen molar-refractivity contribution in [2.24, 2.45) is 0 Å². The molecule has 0 unspecified atom stereocenters. The lowest BCUT2D eigenvalue weighted by Crippen LogP contribution is -2.39. The van der Waals surface area contributed by atoms with Crippen LogP contribution in [-0.4, -0.2) is 14.2 Å². The van der Waals surface area contributed by atoms with Crippen LogP contribution >= 0.6 is 0 Å². The first-order valence-electron chi connectivity index (χ1n) is 9.62. The van der Waals surface area contributed by atoms with Gasteiger partial charge in [-0.15, -0.1) is 0 Å². The number of anilines is 2. The second-order valence-corrected chi connectivity index (χ2v) is 9.14. The lowest BCUT2D eigenvalue weighted by atomic mass is 10.1. The van der Waals surface area contributed by atoms with Crippen LogP contribution in [0.2, 0.25) is 0 Å². The van der Waals surface area contributed by atoms with Crippen LogP contribution in [0.25, 0.3) is 0 Å². The molecule has 1 heterocycles. The van der Waals surface area contributed by atoms with E-state index in [1.165, 1.54) is 10.5 Å². The number of aryl methyl sites for hydroxylation is 2. The van der Waals surface area contributed by atoms with Gasteiger partial charge in [-0.1, -0.05) is 60.2 Å². The topological polar surface area (TPSA) is 66.5 Å². The molecule has 0 saturated carbocycles. The van der Waals surface area contributed by atoms with Gasteiger partial charge in [-0.2, -0.15) is 0 Å². The van der Waals surface area contributed by atoms with Gasteiger partial charge in [0, 0.05) is 17.5 Å². The van der Waals surface area contributed by atoms with Gasteiger partial charge in [0.15, 0.2) is 4.91 Å². The Bertz CT molecular complexity index is 1250. The smallest absolute Gasteiger partial charge is 0.270 e. The highest BCUT2D eigenvalue weighted by Crippen LogP contribution is 2.36. The van der Waals surface area contributed by atoms with E-state index in [0.717, 1.165) is 22.4 Å². The van der Waals surface area contributed by atoms with Crippen molar-refractivity contribution in [3.05, 3.63) is 106 Å². The summed E-state index contributed by atoms with van der Waals surface area (Å²) in [4.78, 5) is 12.8. The van der Waals surface area contributed by atoms with E-state index in [2.05, 4.69) is 5.32 Å². The molecule has 0 saturated heterocycles. The maximum atomic E-state index is 13.5. The average molecular weight is 419 g/mol. The number of rotatable bonds is 4. The molecule has 0 aliphatic carbocycles. The van der Waals surface area contributed by atoms with Gasteiger partial charge in [-0.05, 0) is 43.2 Å². The summed E-state index contributed by atoms with van der Waals surface area (Å²) in [5.74, 6) is -0.508. The number of benzene rings is 3. The van der Waals surface area contributed by atoms with Crippen LogP contribution in [0, 0.1) is 13.8 Å². The van der Waals surface area contributed by atoms with Crippen LogP contribution in [0.15, 0.2) is 83.9 Å². The van der Waals surface area contributed by atoms with E-state index >= 15 is 0 Å². The van der Waals surface area contributed by atoms with Gasteiger partial charge < -0.3 is 5.32 Å². The van der Waals surface area contributed by atoms with Gasteiger partial charge in [0.1, 0.15) is 0 Å². The Morgan fingerprint density at radius 1 is 0.900 bits per heavy atom. The van der Waals surface area contributed by atoms with E-state index in [1.807, 2.05) is 62.4 Å². The maximum Gasteiger partial charge on any atom is 0.270 e. The summed E-state index contributed by atoms with van der Waals surface area (Å²) < 4.78 is 28.2. The van der Waals surface area contributed by atoms with Crippen LogP contribution in [0.4, 0.5) is 11.4 Å². The lowest BCUT2D eigenvalue weighted by Gasteiger charge is -2.31. The Balaban J connectivity index is 1.79. The first-order chi connectivity index (χ1) is 14.4. The standard InChI is InChI=1S/C24H22N2O3S/c1-17-11-13-19(14-12-17)16-26-22-10-6-4-8-20(22)24(27)23(30(26,28)29)15-25-21-9-5-3-7-18(21)2/h3-15,25H,16H2,1-2H3. The summed E-state index contributed by atoms with van der Waals surface area (Å²) in [6, 6.07) is 22.0. The van der Waals surface area contributed by atoms with Gasteiger partial charge in [0.05, 0.1) is 12.2 Å². The summed E-state index contributed by atoms with van der Waals surface area (Å²) >= 11 is 0. The van der Waals surface area contributed by atoms with E-state index in [1.54, 1.807) is 24.3 Å². The molecular weight excluding hydrogens is 396 g/mol. The molecule has 1 N–H and O–H groups in total. The minimum absolute atomic E-state index is 0.147. The summed E-state index contributed by atoms with van der Waals surface area (Å²) in [6.45, 7) is 4.04. The number of nitrogens with zero attached hydrogens (tertiary/aromatic N) is 1. The first kappa shape index (κ1) is 19.9. The third kappa shape index (κ3) is 3.62. The number of sulfonamides is 1. The SMILES string of the molecule is Cc1ccc(CN2c3ccccc3C(=O)C(=CNc3ccccc3C)S2(=O)=O)cc1. The molecule has 3 aromatic carbocycles. The third-order valence-corrected chi connectivity index (χ3v) is 6.92. The highest BCUT2D eigenvalue weighted by atomic mass is 32.2. The summed E-state index contributed by atoms with van der Waals surface area (Å²) in [6.07, 6.45) is 1.30. The highest BCUT2D eigenvalue weighted by Gasteiger charge is 2.40. The zero-order valence-electron chi connectivity index (χ0n) is 16.8. The number of hydrogen-bond donors (Lipinski definition) is 1. The first-order valence-corrected chi connectivity index (χ1v) is 11.1. The molecule has 30 heavy (non-hydrogen) atoms. The summed E-state index contributed by atoms with van der Waals surface area (Å²) in [5.41, 5.74) is 4.41. The van der Waals surface area contributed by atoms with Gasteiger partial charge in [0.25, 0.3) is 10.0 Å². The van der Waals surface area contributed by atoms with Gasteiger partial charge in [0.2, 0.25) is 5.78 Å². The number of carbonyl (C=O) groups excluding carboxylic acids is 1. The number of Topliss-reactive ketones (excluding diaryl/α,β-unsaturated/α-hetero) is 1. The number of allylic oxidation sites excluding steroid dienone is 1. The minimum Gasteiger partial charge on any atom is -0.360 e. The van der Waals surface area contributed by atoms with E-state index < -0.39 is 15.8 Å². The number of ketones is 1. The van der Waals surface area contributed by atoms with Gasteiger partial charge >= 0.3 is 0 Å². The number of carbonyl (C=O) groups is 1. The van der Waals surface area contributed by atoms with Crippen molar-refractivity contribution < 1.29 is 13.2 Å². The molecule has 0 bridgehead atoms. The van der Waals surface area contributed by atoms with E-state index in [0.29, 0.717) is 11.3 Å². The fourth-order valence-electron chi connectivity index (χ4n) is 3.43. The predicted octanol–water partition coefficient (Wildman–Crippen LogP) is 4.79. The van der Waals surface area contributed by atoms with Crippen molar-refractivity contribution in [3.63, 3.8) is 0 Å². The molecular formula is C24H22N2O3S. The van der Waals surface area contributed by atoms with Crippen LogP contribution in [0.1, 0.15) is 27.0 Å². The minimum atomic E-state index is -4.04. The Labute approximate surface area is 176 Å². The van der Waals surface area contributed by atoms with Gasteiger partial charge in [-0.3, -0.25) is 9.10 Å². The van der Waals surface area contributed by atoms with Crippen LogP contribution < -0.4 is 9.62 Å². The molecule has 3 aromatic rings. The molecule has 0 spiro atoms. The normalized spacial score (nSPS) is 16.4. The second kappa shape index (κ2) is 7.80. The monoisotopic (exact) mass is 418 g/mol. The zero-order chi connectivity index (χ0) is 21.3. The van der Waals surface area contributed by atoms with Crippen LogP contribution in [0.5, 0.6) is 0 Å². The number of hydrogen-bond acceptors (Lipinski definition) is 4. The summed E-state index contributed by atoms with van der Waals surface area (Å²) in [7, 11) is -4.04. The Kier molecular flexibility index (Phi) is 5.18. The Hall–Kier alpha value is -3.38. The number of para-hydroxylation sites is 2. The molecule has 152 valence electrons. The van der Waals surface area contributed by atoms with Crippen molar-refractivity contribution in [2.75, 3.05) is 9.62 Å². The number of fused-ring (bicyclic) bond motifs is 1. The third-order valence-electron chi connectivity index (χ3n) is 5.16.